The molecule has 6 aromatic rings. The van der Waals surface area contributed by atoms with E-state index < -0.39 is 0 Å². The van der Waals surface area contributed by atoms with Gasteiger partial charge in [-0.1, -0.05) is 111 Å². The molecule has 6 aromatic carbocycles. The summed E-state index contributed by atoms with van der Waals surface area (Å²) in [6.45, 7) is 22.7. The lowest BCUT2D eigenvalue weighted by molar-refractivity contribution is 0.0749. The van der Waals surface area contributed by atoms with E-state index in [9.17, 15) is 0 Å². The molecule has 18 nitrogen and oxygen atoms in total. The van der Waals surface area contributed by atoms with Crippen molar-refractivity contribution in [2.24, 2.45) is 0 Å². The van der Waals surface area contributed by atoms with Crippen molar-refractivity contribution in [3.63, 3.8) is 0 Å². The molecular formula is C70H86Cl2O18. The van der Waals surface area contributed by atoms with Gasteiger partial charge < -0.3 is 86.0 Å². The lowest BCUT2D eigenvalue weighted by Crippen LogP contribution is -2.06. The fraction of sp³-hybridized carbons (Fsp3) is 0.371. The van der Waals surface area contributed by atoms with E-state index in [1.165, 1.54) is 12.5 Å². The Balaban J connectivity index is 0.000000204. The molecule has 4 aliphatic rings. The summed E-state index contributed by atoms with van der Waals surface area (Å²) >= 11 is 10.8. The van der Waals surface area contributed by atoms with Gasteiger partial charge in [-0.2, -0.15) is 0 Å². The van der Waals surface area contributed by atoms with Crippen LogP contribution >= 0.6 is 23.2 Å². The summed E-state index contributed by atoms with van der Waals surface area (Å²) in [4.78, 5) is 0. The minimum Gasteiger partial charge on any atom is -0.501 e. The van der Waals surface area contributed by atoms with Crippen LogP contribution in [-0.4, -0.2) is 142 Å². The molecule has 0 aliphatic carbocycles. The second-order valence-corrected chi connectivity index (χ2v) is 20.3. The van der Waals surface area contributed by atoms with Crippen LogP contribution in [0.1, 0.15) is 44.5 Å². The molecule has 0 bridgehead atoms. The minimum absolute atomic E-state index is 0.00236. The van der Waals surface area contributed by atoms with Crippen LogP contribution in [0.2, 0.25) is 0 Å². The highest BCUT2D eigenvalue weighted by Gasteiger charge is 2.26. The maximum atomic E-state index is 8.96. The van der Waals surface area contributed by atoms with Crippen LogP contribution < -0.4 is 37.9 Å². The van der Waals surface area contributed by atoms with Crippen LogP contribution in [0.25, 0.3) is 12.2 Å². The summed E-state index contributed by atoms with van der Waals surface area (Å²) in [5.41, 5.74) is 8.21. The molecule has 4 unspecified atom stereocenters. The second kappa shape index (κ2) is 43.3. The Kier molecular flexibility index (Phi) is 35.2. The maximum Gasteiger partial charge on any atom is 0.161 e. The van der Waals surface area contributed by atoms with Crippen molar-refractivity contribution in [2.75, 3.05) is 107 Å². The molecule has 0 amide bonds. The number of rotatable bonds is 34. The van der Waals surface area contributed by atoms with E-state index in [0.29, 0.717) is 112 Å². The Bertz CT molecular complexity index is 2920. The maximum absolute atomic E-state index is 8.96. The molecule has 4 aliphatic heterocycles. The second-order valence-electron chi connectivity index (χ2n) is 19.7. The summed E-state index contributed by atoms with van der Waals surface area (Å²) in [6, 6.07) is 38.6. The van der Waals surface area contributed by atoms with E-state index in [1.54, 1.807) is 52.7 Å². The average Bonchev–Trinajstić information content (AvgIpc) is 4.05. The van der Waals surface area contributed by atoms with Crippen LogP contribution in [0.3, 0.4) is 0 Å². The van der Waals surface area contributed by atoms with Crippen LogP contribution in [0.5, 0.6) is 46.0 Å². The van der Waals surface area contributed by atoms with Gasteiger partial charge in [-0.3, -0.25) is 0 Å². The molecule has 0 saturated carbocycles. The molecule has 90 heavy (non-hydrogen) atoms. The lowest BCUT2D eigenvalue weighted by Gasteiger charge is -2.12. The Labute approximate surface area is 539 Å². The first-order valence-corrected chi connectivity index (χ1v) is 30.2. The number of hydrogen-bond donors (Lipinski definition) is 2. The van der Waals surface area contributed by atoms with Crippen molar-refractivity contribution in [3.8, 4) is 46.0 Å². The van der Waals surface area contributed by atoms with E-state index in [0.717, 1.165) is 82.4 Å². The number of alkyl halides is 2. The molecule has 0 aromatic heterocycles. The molecule has 0 radical (unpaired) electrons. The van der Waals surface area contributed by atoms with Crippen molar-refractivity contribution in [3.05, 3.63) is 205 Å². The first-order valence-electron chi connectivity index (χ1n) is 29.1. The number of epoxide rings is 4. The van der Waals surface area contributed by atoms with Crippen molar-refractivity contribution in [1.29, 1.82) is 0 Å². The molecule has 0 spiro atoms. The number of aliphatic hydroxyl groups is 2. The summed E-state index contributed by atoms with van der Waals surface area (Å²) < 4.78 is 84.6. The van der Waals surface area contributed by atoms with Gasteiger partial charge in [-0.15, -0.1) is 23.2 Å². The number of halogens is 2. The summed E-state index contributed by atoms with van der Waals surface area (Å²) in [5.74, 6) is 6.64. The minimum atomic E-state index is 0.00236. The zero-order chi connectivity index (χ0) is 64.6. The Morgan fingerprint density at radius 3 is 1.01 bits per heavy atom. The Morgan fingerprint density at radius 2 is 0.711 bits per heavy atom. The van der Waals surface area contributed by atoms with E-state index >= 15 is 0 Å². The van der Waals surface area contributed by atoms with Gasteiger partial charge in [0, 0.05) is 5.88 Å². The summed E-state index contributed by atoms with van der Waals surface area (Å²) in [5, 5.41) is 17.9. The van der Waals surface area contributed by atoms with Gasteiger partial charge in [-0.25, -0.2) is 0 Å². The van der Waals surface area contributed by atoms with E-state index in [1.807, 2.05) is 97.1 Å². The largest absolute Gasteiger partial charge is 0.501 e. The predicted octanol–water partition coefficient (Wildman–Crippen LogP) is 12.4. The average molecular weight is 1290 g/mol. The topological polar surface area (TPSA) is 201 Å². The molecule has 4 saturated heterocycles. The van der Waals surface area contributed by atoms with E-state index in [2.05, 4.69) is 43.2 Å². The van der Waals surface area contributed by atoms with Crippen LogP contribution in [-0.2, 0) is 76.8 Å². The van der Waals surface area contributed by atoms with Crippen LogP contribution in [0.4, 0.5) is 0 Å². The van der Waals surface area contributed by atoms with Gasteiger partial charge in [0.2, 0.25) is 0 Å². The number of aliphatic hydroxyl groups excluding tert-OH is 2. The Morgan fingerprint density at radius 1 is 0.400 bits per heavy atom. The standard InChI is InChI=1S/C20H22O4.C15H20O5.2C11H14O4.C9H9Cl.C4H7ClO/c1-3-15-4-6-16(7-5-15)11-22-12-17-8-9-19(20(10-17)21-2)24-14-18-13-23-18;1-3-17-6-7-18-9-12-4-5-14(15(8-12)16-2)20-11-13-10-19-13;2*1-13-11-4-8(5-12)2-3-10(11)15-7-9-6-14-9;1-2-8-3-5-9(7-10)6-4-8;1-2-6-4-3-5/h3-10,18H,1,11-14H2,2H3;3-5,8,13H,1,6-7,9-11H2,2H3;2*2-4,9,12H,5-7H2,1H3;2-6H,1,7H2;2H,1,3-4H2. The molecule has 488 valence electrons. The summed E-state index contributed by atoms with van der Waals surface area (Å²) in [7, 11) is 6.42. The number of benzene rings is 6. The lowest BCUT2D eigenvalue weighted by atomic mass is 10.1. The zero-order valence-electron chi connectivity index (χ0n) is 51.9. The van der Waals surface area contributed by atoms with Crippen LogP contribution in [0.15, 0.2) is 160 Å². The SMILES string of the molecule is C=COCCCl.C=COCCOCc1ccc(OCC2CO2)c(OC)c1.C=Cc1ccc(CCl)cc1.C=Cc1ccc(COCc2ccc(OCC3CO3)c(OC)c2)cc1.COc1cc(CO)ccc1OCC1CO1.COc1cc(CO)ccc1OCC1CO1. The zero-order valence-corrected chi connectivity index (χ0v) is 53.4. The third-order valence-electron chi connectivity index (χ3n) is 12.8. The predicted molar refractivity (Wildman–Crippen MR) is 349 cm³/mol. The van der Waals surface area contributed by atoms with E-state index in [4.69, 9.17) is 104 Å². The molecule has 4 fully saturated rings. The number of ether oxygens (including phenoxy) is 16. The van der Waals surface area contributed by atoms with Crippen molar-refractivity contribution in [1.82, 2.24) is 0 Å². The number of methoxy groups -OCH3 is 4. The van der Waals surface area contributed by atoms with Crippen molar-refractivity contribution in [2.45, 2.75) is 63.3 Å². The van der Waals surface area contributed by atoms with E-state index in [-0.39, 0.29) is 37.6 Å². The smallest absolute Gasteiger partial charge is 0.161 e. The molecule has 4 heterocycles. The van der Waals surface area contributed by atoms with Crippen molar-refractivity contribution >= 4 is 35.4 Å². The number of hydrogen-bond acceptors (Lipinski definition) is 18. The molecular weight excluding hydrogens is 1200 g/mol. The molecule has 2 N–H and O–H groups in total. The first kappa shape index (κ1) is 73.3. The molecule has 4 atom stereocenters. The van der Waals surface area contributed by atoms with Gasteiger partial charge in [0.15, 0.2) is 46.0 Å². The fourth-order valence-electron chi connectivity index (χ4n) is 7.38. The first-order chi connectivity index (χ1) is 44.0. The van der Waals surface area contributed by atoms with Crippen molar-refractivity contribution < 1.29 is 86.0 Å². The highest BCUT2D eigenvalue weighted by molar-refractivity contribution is 6.18. The summed E-state index contributed by atoms with van der Waals surface area (Å²) in [6.07, 6.45) is 7.34. The fourth-order valence-corrected chi connectivity index (χ4v) is 7.64. The third kappa shape index (κ3) is 29.9. The van der Waals surface area contributed by atoms with Gasteiger partial charge >= 0.3 is 0 Å². The Hall–Kier alpha value is -7.46. The van der Waals surface area contributed by atoms with Gasteiger partial charge in [-0.05, 0) is 93.0 Å². The molecule has 10 rings (SSSR count). The monoisotopic (exact) mass is 1280 g/mol. The highest BCUT2D eigenvalue weighted by Crippen LogP contribution is 2.33. The normalized spacial score (nSPS) is 15.6. The van der Waals surface area contributed by atoms with Gasteiger partial charge in [0.25, 0.3) is 0 Å². The highest BCUT2D eigenvalue weighted by atomic mass is 35.5. The van der Waals surface area contributed by atoms with Crippen LogP contribution in [0, 0.1) is 0 Å². The van der Waals surface area contributed by atoms with Gasteiger partial charge in [0.1, 0.15) is 64.1 Å². The van der Waals surface area contributed by atoms with Gasteiger partial charge in [0.05, 0.1) is 113 Å². The quantitative estimate of drug-likeness (QED) is 0.0167. The third-order valence-corrected chi connectivity index (χ3v) is 13.2. The molecule has 20 heteroatoms.